The Bertz CT molecular complexity index is 1070. The highest BCUT2D eigenvalue weighted by molar-refractivity contribution is 5.62. The molecule has 0 amide bonds. The molecule has 0 N–H and O–H groups in total. The van der Waals surface area contributed by atoms with Gasteiger partial charge in [-0.25, -0.2) is 4.98 Å². The molecule has 0 aliphatic carbocycles. The van der Waals surface area contributed by atoms with Crippen molar-refractivity contribution in [1.82, 2.24) is 14.0 Å². The van der Waals surface area contributed by atoms with Crippen LogP contribution in [0.1, 0.15) is 11.1 Å². The fourth-order valence-corrected chi connectivity index (χ4v) is 3.02. The summed E-state index contributed by atoms with van der Waals surface area (Å²) in [6.45, 7) is 4.06. The van der Waals surface area contributed by atoms with Crippen LogP contribution in [-0.4, -0.2) is 14.0 Å². The van der Waals surface area contributed by atoms with Crippen molar-refractivity contribution in [3.05, 3.63) is 88.6 Å². The molecule has 0 radical (unpaired) electrons. The third-order valence-corrected chi connectivity index (χ3v) is 4.07. The molecule has 0 saturated carbocycles. The number of nitrogens with zero attached hydrogens (tertiary/aromatic N) is 3. The predicted octanol–water partition coefficient (Wildman–Crippen LogP) is 3.77. The van der Waals surface area contributed by atoms with Gasteiger partial charge in [-0.05, 0) is 37.1 Å². The molecule has 0 aliphatic heterocycles. The van der Waals surface area contributed by atoms with Crippen molar-refractivity contribution in [2.24, 2.45) is 0 Å². The second-order valence-corrected chi connectivity index (χ2v) is 6.04. The third kappa shape index (κ3) is 2.42. The summed E-state index contributed by atoms with van der Waals surface area (Å²) >= 11 is 0. The SMILES string of the molecule is Cc1cc(C)cc(-n2ccn3cc(-c4ccccc4)nc3c2=O)c1. The average Bonchev–Trinajstić information content (AvgIpc) is 3.00. The lowest BCUT2D eigenvalue weighted by atomic mass is 10.1. The molecule has 0 spiro atoms. The molecular formula is C20H17N3O. The number of hydrogen-bond acceptors (Lipinski definition) is 2. The smallest absolute Gasteiger partial charge is 0.298 e. The van der Waals surface area contributed by atoms with Crippen LogP contribution in [0.4, 0.5) is 0 Å². The van der Waals surface area contributed by atoms with Crippen LogP contribution >= 0.6 is 0 Å². The van der Waals surface area contributed by atoms with Crippen molar-refractivity contribution in [2.75, 3.05) is 0 Å². The minimum atomic E-state index is -0.121. The number of aryl methyl sites for hydroxylation is 2. The van der Waals surface area contributed by atoms with Crippen molar-refractivity contribution < 1.29 is 0 Å². The molecule has 4 nitrogen and oxygen atoms in total. The van der Waals surface area contributed by atoms with E-state index in [1.807, 2.05) is 68.7 Å². The normalized spacial score (nSPS) is 11.1. The van der Waals surface area contributed by atoms with E-state index in [1.165, 1.54) is 0 Å². The summed E-state index contributed by atoms with van der Waals surface area (Å²) in [6.07, 6.45) is 5.55. The highest BCUT2D eigenvalue weighted by atomic mass is 16.1. The van der Waals surface area contributed by atoms with Crippen molar-refractivity contribution in [3.8, 4) is 16.9 Å². The first kappa shape index (κ1) is 14.5. The fraction of sp³-hybridized carbons (Fsp3) is 0.100. The van der Waals surface area contributed by atoms with Gasteiger partial charge in [-0.1, -0.05) is 36.4 Å². The molecule has 4 heteroatoms. The Hall–Kier alpha value is -3.14. The summed E-state index contributed by atoms with van der Waals surface area (Å²) < 4.78 is 3.43. The van der Waals surface area contributed by atoms with Crippen molar-refractivity contribution >= 4 is 5.65 Å². The van der Waals surface area contributed by atoms with Crippen LogP contribution in [0.5, 0.6) is 0 Å². The van der Waals surface area contributed by atoms with Crippen LogP contribution in [0.3, 0.4) is 0 Å². The molecule has 0 aliphatic rings. The van der Waals surface area contributed by atoms with E-state index in [-0.39, 0.29) is 5.56 Å². The number of fused-ring (bicyclic) bond motifs is 1. The summed E-state index contributed by atoms with van der Waals surface area (Å²) in [7, 11) is 0. The molecule has 2 aromatic carbocycles. The van der Waals surface area contributed by atoms with E-state index in [1.54, 1.807) is 15.2 Å². The first-order valence-corrected chi connectivity index (χ1v) is 7.86. The van der Waals surface area contributed by atoms with Gasteiger partial charge in [-0.2, -0.15) is 0 Å². The van der Waals surface area contributed by atoms with Crippen LogP contribution in [-0.2, 0) is 0 Å². The highest BCUT2D eigenvalue weighted by Crippen LogP contribution is 2.18. The first-order valence-electron chi connectivity index (χ1n) is 7.86. The maximum atomic E-state index is 12.9. The first-order chi connectivity index (χ1) is 11.6. The maximum Gasteiger partial charge on any atom is 0.298 e. The van der Waals surface area contributed by atoms with Crippen molar-refractivity contribution in [1.29, 1.82) is 0 Å². The lowest BCUT2D eigenvalue weighted by molar-refractivity contribution is 0.946. The van der Waals surface area contributed by atoms with E-state index in [9.17, 15) is 4.79 Å². The van der Waals surface area contributed by atoms with Gasteiger partial charge in [-0.15, -0.1) is 0 Å². The predicted molar refractivity (Wildman–Crippen MR) is 95.7 cm³/mol. The summed E-state index contributed by atoms with van der Waals surface area (Å²) in [5, 5.41) is 0. The molecule has 2 aromatic heterocycles. The van der Waals surface area contributed by atoms with Gasteiger partial charge in [0.25, 0.3) is 5.56 Å². The standard InChI is InChI=1S/C20H17N3O/c1-14-10-15(2)12-17(11-14)23-9-8-22-13-18(21-19(22)20(23)24)16-6-4-3-5-7-16/h3-13H,1-2H3. The second-order valence-electron chi connectivity index (χ2n) is 6.04. The minimum absolute atomic E-state index is 0.121. The lowest BCUT2D eigenvalue weighted by Gasteiger charge is -2.08. The fourth-order valence-electron chi connectivity index (χ4n) is 3.02. The van der Waals surface area contributed by atoms with E-state index in [4.69, 9.17) is 0 Å². The zero-order valence-corrected chi connectivity index (χ0v) is 13.6. The molecule has 0 unspecified atom stereocenters. The summed E-state index contributed by atoms with van der Waals surface area (Å²) in [5.41, 5.74) is 5.23. The average molecular weight is 315 g/mol. The lowest BCUT2D eigenvalue weighted by Crippen LogP contribution is -2.20. The van der Waals surface area contributed by atoms with Crippen LogP contribution in [0.25, 0.3) is 22.6 Å². The zero-order valence-electron chi connectivity index (χ0n) is 13.6. The Balaban J connectivity index is 1.91. The van der Waals surface area contributed by atoms with E-state index in [2.05, 4.69) is 11.1 Å². The maximum absolute atomic E-state index is 12.9. The van der Waals surface area contributed by atoms with Gasteiger partial charge in [-0.3, -0.25) is 9.36 Å². The van der Waals surface area contributed by atoms with E-state index >= 15 is 0 Å². The van der Waals surface area contributed by atoms with Gasteiger partial charge in [0.2, 0.25) is 5.65 Å². The number of imidazole rings is 1. The molecule has 24 heavy (non-hydrogen) atoms. The van der Waals surface area contributed by atoms with Gasteiger partial charge < -0.3 is 4.40 Å². The van der Waals surface area contributed by atoms with Crippen LogP contribution in [0.2, 0.25) is 0 Å². The van der Waals surface area contributed by atoms with Gasteiger partial charge in [0.1, 0.15) is 0 Å². The summed E-state index contributed by atoms with van der Waals surface area (Å²) in [4.78, 5) is 17.4. The van der Waals surface area contributed by atoms with Crippen LogP contribution in [0, 0.1) is 13.8 Å². The molecule has 0 saturated heterocycles. The van der Waals surface area contributed by atoms with Gasteiger partial charge in [0.05, 0.1) is 5.69 Å². The number of benzene rings is 2. The number of aromatic nitrogens is 3. The van der Waals surface area contributed by atoms with E-state index < -0.39 is 0 Å². The van der Waals surface area contributed by atoms with Gasteiger partial charge in [0, 0.05) is 29.8 Å². The Kier molecular flexibility index (Phi) is 3.31. The van der Waals surface area contributed by atoms with Crippen LogP contribution in [0.15, 0.2) is 71.9 Å². The van der Waals surface area contributed by atoms with Gasteiger partial charge >= 0.3 is 0 Å². The van der Waals surface area contributed by atoms with E-state index in [0.717, 1.165) is 28.1 Å². The largest absolute Gasteiger partial charge is 0.300 e. The van der Waals surface area contributed by atoms with Gasteiger partial charge in [0.15, 0.2) is 0 Å². The Morgan fingerprint density at radius 3 is 2.33 bits per heavy atom. The molecular weight excluding hydrogens is 298 g/mol. The topological polar surface area (TPSA) is 39.3 Å². The Labute approximate surface area is 139 Å². The molecule has 118 valence electrons. The summed E-state index contributed by atoms with van der Waals surface area (Å²) in [5.74, 6) is 0. The van der Waals surface area contributed by atoms with Crippen molar-refractivity contribution in [2.45, 2.75) is 13.8 Å². The zero-order chi connectivity index (χ0) is 16.7. The Morgan fingerprint density at radius 2 is 1.62 bits per heavy atom. The number of rotatable bonds is 2. The quantitative estimate of drug-likeness (QED) is 0.565. The molecule has 4 rings (SSSR count). The highest BCUT2D eigenvalue weighted by Gasteiger charge is 2.10. The minimum Gasteiger partial charge on any atom is -0.300 e. The van der Waals surface area contributed by atoms with E-state index in [0.29, 0.717) is 5.65 Å². The third-order valence-electron chi connectivity index (χ3n) is 4.07. The monoisotopic (exact) mass is 315 g/mol. The second kappa shape index (κ2) is 5.49. The molecule has 4 aromatic rings. The van der Waals surface area contributed by atoms with Crippen molar-refractivity contribution in [3.63, 3.8) is 0 Å². The molecule has 0 fully saturated rings. The van der Waals surface area contributed by atoms with Crippen LogP contribution < -0.4 is 5.56 Å². The Morgan fingerprint density at radius 1 is 0.917 bits per heavy atom. The molecule has 2 heterocycles. The molecule has 0 atom stereocenters. The summed E-state index contributed by atoms with van der Waals surface area (Å²) in [6, 6.07) is 16.0. The molecule has 0 bridgehead atoms. The number of hydrogen-bond donors (Lipinski definition) is 0.